The van der Waals surface area contributed by atoms with Crippen molar-refractivity contribution in [3.8, 4) is 0 Å². The lowest BCUT2D eigenvalue weighted by Crippen LogP contribution is -1.72. The predicted molar refractivity (Wildman–Crippen MR) is 64.3 cm³/mol. The monoisotopic (exact) mass is 188 g/mol. The Morgan fingerprint density at radius 2 is 0.786 bits per heavy atom. The van der Waals surface area contributed by atoms with Gasteiger partial charge in [-0.25, -0.2) is 0 Å². The minimum absolute atomic E-state index is 1.15. The topological polar surface area (TPSA) is 0 Å². The van der Waals surface area contributed by atoms with Crippen LogP contribution in [0.4, 0.5) is 0 Å². The van der Waals surface area contributed by atoms with Crippen LogP contribution in [0.25, 0.3) is 0 Å². The Bertz CT molecular complexity index is 202. The Morgan fingerprint density at radius 1 is 0.429 bits per heavy atom. The maximum Gasteiger partial charge on any atom is -0.0313 e. The van der Waals surface area contributed by atoms with E-state index in [1.807, 2.05) is 0 Å². The van der Waals surface area contributed by atoms with E-state index in [4.69, 9.17) is 0 Å². The van der Waals surface area contributed by atoms with Crippen molar-refractivity contribution in [2.45, 2.75) is 38.5 Å². The average molecular weight is 188 g/mol. The van der Waals surface area contributed by atoms with Crippen molar-refractivity contribution >= 4 is 0 Å². The van der Waals surface area contributed by atoms with Crippen molar-refractivity contribution in [2.75, 3.05) is 0 Å². The summed E-state index contributed by atoms with van der Waals surface area (Å²) in [5, 5.41) is 0. The highest BCUT2D eigenvalue weighted by Gasteiger charge is 1.83. The standard InChI is InChI=1S/C14H20/c1-2-4-6-8-10-12-14-13-11-9-7-5-3-1/h1-4,9,11,13-14H,5-8,10,12H2/b3-1?,4-2+,11-9?,14-13?. The van der Waals surface area contributed by atoms with Crippen molar-refractivity contribution in [1.29, 1.82) is 0 Å². The summed E-state index contributed by atoms with van der Waals surface area (Å²) in [7, 11) is 0. The molecule has 0 N–H and O–H groups in total. The van der Waals surface area contributed by atoms with Gasteiger partial charge in [-0.3, -0.25) is 0 Å². The summed E-state index contributed by atoms with van der Waals surface area (Å²) >= 11 is 0. The van der Waals surface area contributed by atoms with E-state index in [1.165, 1.54) is 25.7 Å². The summed E-state index contributed by atoms with van der Waals surface area (Å²) in [6.45, 7) is 0. The third-order valence-electron chi connectivity index (χ3n) is 2.26. The molecule has 0 unspecified atom stereocenters. The summed E-state index contributed by atoms with van der Waals surface area (Å²) in [6, 6.07) is 0. The van der Waals surface area contributed by atoms with Gasteiger partial charge in [0.05, 0.1) is 0 Å². The van der Waals surface area contributed by atoms with Crippen molar-refractivity contribution in [3.63, 3.8) is 0 Å². The van der Waals surface area contributed by atoms with Crippen LogP contribution in [0.2, 0.25) is 0 Å². The summed E-state index contributed by atoms with van der Waals surface area (Å²) < 4.78 is 0. The normalized spacial score (nSPS) is 21.7. The van der Waals surface area contributed by atoms with Crippen molar-refractivity contribution in [1.82, 2.24) is 0 Å². The van der Waals surface area contributed by atoms with Crippen molar-refractivity contribution in [3.05, 3.63) is 48.6 Å². The second kappa shape index (κ2) is 8.55. The van der Waals surface area contributed by atoms with Gasteiger partial charge in [-0.2, -0.15) is 0 Å². The van der Waals surface area contributed by atoms with E-state index in [1.54, 1.807) is 0 Å². The average Bonchev–Trinajstić information content (AvgIpc) is 2.22. The van der Waals surface area contributed by atoms with Gasteiger partial charge in [-0.1, -0.05) is 48.6 Å². The van der Waals surface area contributed by atoms with Gasteiger partial charge >= 0.3 is 0 Å². The Hall–Kier alpha value is -1.04. The molecule has 1 rings (SSSR count). The molecule has 0 aliphatic heterocycles. The Kier molecular flexibility index (Phi) is 6.74. The van der Waals surface area contributed by atoms with E-state index >= 15 is 0 Å². The first-order valence-electron chi connectivity index (χ1n) is 5.63. The minimum atomic E-state index is 1.15. The van der Waals surface area contributed by atoms with Crippen LogP contribution in [-0.4, -0.2) is 0 Å². The summed E-state index contributed by atoms with van der Waals surface area (Å²) in [6.07, 6.45) is 25.0. The van der Waals surface area contributed by atoms with Crippen LogP contribution in [0.3, 0.4) is 0 Å². The molecule has 0 aromatic rings. The molecule has 76 valence electrons. The van der Waals surface area contributed by atoms with Gasteiger partial charge in [0.2, 0.25) is 0 Å². The first-order chi connectivity index (χ1) is 7.00. The fourth-order valence-electron chi connectivity index (χ4n) is 1.42. The van der Waals surface area contributed by atoms with Crippen LogP contribution in [-0.2, 0) is 0 Å². The zero-order chi connectivity index (χ0) is 9.90. The largest absolute Gasteiger partial charge is 0.0845 e. The molecular formula is C14H20. The zero-order valence-corrected chi connectivity index (χ0v) is 8.86. The molecule has 1 aliphatic rings. The van der Waals surface area contributed by atoms with Crippen LogP contribution >= 0.6 is 0 Å². The number of rotatable bonds is 0. The molecule has 0 saturated carbocycles. The van der Waals surface area contributed by atoms with Crippen LogP contribution < -0.4 is 0 Å². The van der Waals surface area contributed by atoms with Gasteiger partial charge < -0.3 is 0 Å². The van der Waals surface area contributed by atoms with Crippen LogP contribution in [0.15, 0.2) is 48.6 Å². The highest BCUT2D eigenvalue weighted by Crippen LogP contribution is 2.03. The van der Waals surface area contributed by atoms with Gasteiger partial charge in [0.1, 0.15) is 0 Å². The Labute approximate surface area is 87.7 Å². The molecule has 0 atom stereocenters. The lowest BCUT2D eigenvalue weighted by atomic mass is 10.1. The minimum Gasteiger partial charge on any atom is -0.0845 e. The molecule has 0 bridgehead atoms. The Balaban J connectivity index is 2.34. The van der Waals surface area contributed by atoms with E-state index in [0.29, 0.717) is 0 Å². The first kappa shape index (κ1) is 11.0. The van der Waals surface area contributed by atoms with Gasteiger partial charge in [0, 0.05) is 0 Å². The van der Waals surface area contributed by atoms with Crippen molar-refractivity contribution < 1.29 is 0 Å². The second-order valence-electron chi connectivity index (χ2n) is 3.57. The highest BCUT2D eigenvalue weighted by molar-refractivity contribution is 5.05. The SMILES string of the molecule is C1=CCCC=C/C=C/CCCCC=C1. The quantitative estimate of drug-likeness (QED) is 0.522. The molecule has 1 aliphatic carbocycles. The fraction of sp³-hybridized carbons (Fsp3) is 0.429. The fourth-order valence-corrected chi connectivity index (χ4v) is 1.42. The molecule has 0 heterocycles. The molecule has 0 radical (unpaired) electrons. The van der Waals surface area contributed by atoms with Crippen LogP contribution in [0, 0.1) is 0 Å². The summed E-state index contributed by atoms with van der Waals surface area (Å²) in [4.78, 5) is 0. The van der Waals surface area contributed by atoms with Gasteiger partial charge in [-0.05, 0) is 38.5 Å². The van der Waals surface area contributed by atoms with Gasteiger partial charge in [0.15, 0.2) is 0 Å². The second-order valence-corrected chi connectivity index (χ2v) is 3.57. The molecule has 14 heavy (non-hydrogen) atoms. The predicted octanol–water partition coefficient (Wildman–Crippen LogP) is 4.57. The van der Waals surface area contributed by atoms with Gasteiger partial charge in [0.25, 0.3) is 0 Å². The van der Waals surface area contributed by atoms with E-state index in [9.17, 15) is 0 Å². The lowest BCUT2D eigenvalue weighted by molar-refractivity contribution is 0.762. The van der Waals surface area contributed by atoms with Crippen LogP contribution in [0.5, 0.6) is 0 Å². The lowest BCUT2D eigenvalue weighted by Gasteiger charge is -1.92. The summed E-state index contributed by atoms with van der Waals surface area (Å²) in [5.41, 5.74) is 0. The smallest absolute Gasteiger partial charge is 0.0313 e. The van der Waals surface area contributed by atoms with E-state index in [2.05, 4.69) is 48.6 Å². The number of hydrogen-bond donors (Lipinski definition) is 0. The molecule has 0 amide bonds. The Morgan fingerprint density at radius 3 is 1.21 bits per heavy atom. The molecule has 0 nitrogen and oxygen atoms in total. The first-order valence-corrected chi connectivity index (χ1v) is 5.63. The molecule has 0 heteroatoms. The van der Waals surface area contributed by atoms with Crippen LogP contribution in [0.1, 0.15) is 38.5 Å². The maximum absolute atomic E-state index is 2.27. The molecule has 0 spiro atoms. The van der Waals surface area contributed by atoms with Crippen molar-refractivity contribution in [2.24, 2.45) is 0 Å². The third-order valence-corrected chi connectivity index (χ3v) is 2.26. The van der Waals surface area contributed by atoms with E-state index < -0.39 is 0 Å². The summed E-state index contributed by atoms with van der Waals surface area (Å²) in [5.74, 6) is 0. The number of hydrogen-bond acceptors (Lipinski definition) is 0. The third kappa shape index (κ3) is 6.47. The highest BCUT2D eigenvalue weighted by atomic mass is 13.9. The molecular weight excluding hydrogens is 168 g/mol. The molecule has 0 fully saturated rings. The zero-order valence-electron chi connectivity index (χ0n) is 8.86. The van der Waals surface area contributed by atoms with Gasteiger partial charge in [-0.15, -0.1) is 0 Å². The molecule has 0 aromatic carbocycles. The van der Waals surface area contributed by atoms with E-state index in [0.717, 1.165) is 12.8 Å². The number of allylic oxidation sites excluding steroid dienone is 8. The molecule has 0 saturated heterocycles. The maximum atomic E-state index is 2.27. The molecule has 0 aromatic heterocycles. The van der Waals surface area contributed by atoms with E-state index in [-0.39, 0.29) is 0 Å².